The Balaban J connectivity index is 2.82. The number of hydrogen-bond donors (Lipinski definition) is 0. The Hall–Kier alpha value is -1.91. The molecule has 0 atom stereocenters. The zero-order valence-electron chi connectivity index (χ0n) is 9.56. The molecular weight excluding hydrogens is 208 g/mol. The van der Waals surface area contributed by atoms with Crippen LogP contribution in [0.15, 0.2) is 28.8 Å². The van der Waals surface area contributed by atoms with E-state index in [0.717, 1.165) is 0 Å². The summed E-state index contributed by atoms with van der Waals surface area (Å²) in [5.74, 6) is -0.395. The topological polar surface area (TPSA) is 61.2 Å². The van der Waals surface area contributed by atoms with Crippen molar-refractivity contribution in [3.05, 3.63) is 40.1 Å². The van der Waals surface area contributed by atoms with Gasteiger partial charge in [0.25, 0.3) is 5.56 Å². The van der Waals surface area contributed by atoms with Crippen LogP contribution < -0.4 is 5.56 Å². The number of ether oxygens (including phenoxy) is 1. The van der Waals surface area contributed by atoms with Crippen LogP contribution >= 0.6 is 0 Å². The van der Waals surface area contributed by atoms with Crippen molar-refractivity contribution in [1.82, 2.24) is 9.55 Å². The Bertz CT molecular complexity index is 474. The second-order valence-electron chi connectivity index (χ2n) is 3.40. The van der Waals surface area contributed by atoms with Gasteiger partial charge < -0.3 is 4.74 Å². The first-order chi connectivity index (χ1) is 7.54. The molecule has 5 nitrogen and oxygen atoms in total. The normalized spacial score (nSPS) is 11.3. The molecule has 0 bridgehead atoms. The van der Waals surface area contributed by atoms with Gasteiger partial charge in [-0.25, -0.2) is 9.78 Å². The predicted octanol–water partition coefficient (Wildman–Crippen LogP) is 0.671. The van der Waals surface area contributed by atoms with E-state index >= 15 is 0 Å². The molecule has 0 N–H and O–H groups in total. The number of methoxy groups -OCH3 is 1. The van der Waals surface area contributed by atoms with Crippen molar-refractivity contribution in [3.8, 4) is 0 Å². The molecule has 1 aromatic heterocycles. The van der Waals surface area contributed by atoms with E-state index in [1.165, 1.54) is 24.1 Å². The highest BCUT2D eigenvalue weighted by Crippen LogP contribution is 1.96. The van der Waals surface area contributed by atoms with Gasteiger partial charge in [0.15, 0.2) is 0 Å². The lowest BCUT2D eigenvalue weighted by Gasteiger charge is -2.02. The monoisotopic (exact) mass is 222 g/mol. The summed E-state index contributed by atoms with van der Waals surface area (Å²) in [6.07, 6.45) is 3.09. The van der Waals surface area contributed by atoms with Crippen LogP contribution in [0.2, 0.25) is 0 Å². The molecule has 0 aliphatic heterocycles. The molecule has 0 fully saturated rings. The Morgan fingerprint density at radius 1 is 1.62 bits per heavy atom. The van der Waals surface area contributed by atoms with Gasteiger partial charge in [-0.15, -0.1) is 0 Å². The largest absolute Gasteiger partial charge is 0.466 e. The highest BCUT2D eigenvalue weighted by atomic mass is 16.5. The zero-order valence-corrected chi connectivity index (χ0v) is 9.56. The van der Waals surface area contributed by atoms with Crippen LogP contribution in [0.4, 0.5) is 0 Å². The smallest absolute Gasteiger partial charge is 0.333 e. The quantitative estimate of drug-likeness (QED) is 0.557. The van der Waals surface area contributed by atoms with Crippen molar-refractivity contribution >= 4 is 5.97 Å². The van der Waals surface area contributed by atoms with Crippen molar-refractivity contribution in [3.63, 3.8) is 0 Å². The van der Waals surface area contributed by atoms with Gasteiger partial charge in [0.2, 0.25) is 0 Å². The summed E-state index contributed by atoms with van der Waals surface area (Å²) in [6, 6.07) is 1.45. The average Bonchev–Trinajstić information content (AvgIpc) is 2.26. The fourth-order valence-corrected chi connectivity index (χ4v) is 1.13. The number of aryl methyl sites for hydroxylation is 1. The summed E-state index contributed by atoms with van der Waals surface area (Å²) in [6.45, 7) is 3.70. The van der Waals surface area contributed by atoms with Crippen LogP contribution in [0.5, 0.6) is 0 Å². The minimum atomic E-state index is -0.395. The molecule has 0 aliphatic carbocycles. The Labute approximate surface area is 93.4 Å². The number of rotatable bonds is 3. The molecule has 1 heterocycles. The Kier molecular flexibility index (Phi) is 3.99. The second-order valence-corrected chi connectivity index (χ2v) is 3.40. The first-order valence-corrected chi connectivity index (χ1v) is 4.82. The summed E-state index contributed by atoms with van der Waals surface area (Å²) in [5.41, 5.74) is 1.01. The molecule has 0 spiro atoms. The molecule has 0 unspecified atom stereocenters. The van der Waals surface area contributed by atoms with Crippen molar-refractivity contribution < 1.29 is 9.53 Å². The van der Waals surface area contributed by atoms with Gasteiger partial charge in [-0.2, -0.15) is 0 Å². The van der Waals surface area contributed by atoms with Crippen LogP contribution in [0.25, 0.3) is 0 Å². The lowest BCUT2D eigenvalue weighted by Crippen LogP contribution is -2.19. The molecule has 1 aromatic rings. The molecule has 0 saturated heterocycles. The highest BCUT2D eigenvalue weighted by molar-refractivity contribution is 5.87. The minimum absolute atomic E-state index is 0.138. The van der Waals surface area contributed by atoms with Gasteiger partial charge in [0, 0.05) is 23.9 Å². The summed E-state index contributed by atoms with van der Waals surface area (Å²) >= 11 is 0. The van der Waals surface area contributed by atoms with E-state index < -0.39 is 5.97 Å². The Morgan fingerprint density at radius 2 is 2.31 bits per heavy atom. The molecule has 5 heteroatoms. The molecule has 0 radical (unpaired) electrons. The van der Waals surface area contributed by atoms with Gasteiger partial charge in [-0.3, -0.25) is 9.36 Å². The summed E-state index contributed by atoms with van der Waals surface area (Å²) in [5, 5.41) is 0. The van der Waals surface area contributed by atoms with Gasteiger partial charge >= 0.3 is 5.97 Å². The SMILES string of the molecule is COC(=O)C(C)=CCn1cnc(C)cc1=O. The molecule has 0 aliphatic rings. The summed E-state index contributed by atoms with van der Waals surface area (Å²) < 4.78 is 5.96. The number of nitrogens with zero attached hydrogens (tertiary/aromatic N) is 2. The van der Waals surface area contributed by atoms with Gasteiger partial charge in [-0.1, -0.05) is 6.08 Å². The number of carbonyl (C=O) groups excluding carboxylic acids is 1. The molecule has 16 heavy (non-hydrogen) atoms. The molecular formula is C11H14N2O3. The van der Waals surface area contributed by atoms with E-state index in [-0.39, 0.29) is 5.56 Å². The zero-order chi connectivity index (χ0) is 12.1. The maximum atomic E-state index is 11.5. The van der Waals surface area contributed by atoms with Gasteiger partial charge in [0.1, 0.15) is 0 Å². The molecule has 0 saturated carbocycles. The number of hydrogen-bond acceptors (Lipinski definition) is 4. The van der Waals surface area contributed by atoms with Crippen molar-refractivity contribution in [1.29, 1.82) is 0 Å². The fraction of sp³-hybridized carbons (Fsp3) is 0.364. The van der Waals surface area contributed by atoms with Gasteiger partial charge in [0.05, 0.1) is 13.4 Å². The Morgan fingerprint density at radius 3 is 2.88 bits per heavy atom. The van der Waals surface area contributed by atoms with Crippen molar-refractivity contribution in [2.24, 2.45) is 0 Å². The standard InChI is InChI=1S/C11H14N2O3/c1-8(11(15)16-3)4-5-13-7-12-9(2)6-10(13)14/h4,6-7H,5H2,1-3H3. The molecule has 0 aromatic carbocycles. The highest BCUT2D eigenvalue weighted by Gasteiger charge is 2.02. The number of esters is 1. The number of allylic oxidation sites excluding steroid dienone is 1. The van der Waals surface area contributed by atoms with E-state index in [0.29, 0.717) is 17.8 Å². The van der Waals surface area contributed by atoms with E-state index in [2.05, 4.69) is 9.72 Å². The third-order valence-electron chi connectivity index (χ3n) is 2.12. The summed E-state index contributed by atoms with van der Waals surface area (Å²) in [4.78, 5) is 26.5. The van der Waals surface area contributed by atoms with Crippen molar-refractivity contribution in [2.75, 3.05) is 7.11 Å². The first-order valence-electron chi connectivity index (χ1n) is 4.82. The molecule has 86 valence electrons. The van der Waals surface area contributed by atoms with E-state index in [4.69, 9.17) is 0 Å². The van der Waals surface area contributed by atoms with Gasteiger partial charge in [-0.05, 0) is 13.8 Å². The van der Waals surface area contributed by atoms with Crippen LogP contribution in [0, 0.1) is 6.92 Å². The third-order valence-corrected chi connectivity index (χ3v) is 2.12. The van der Waals surface area contributed by atoms with E-state index in [9.17, 15) is 9.59 Å². The maximum absolute atomic E-state index is 11.5. The number of aromatic nitrogens is 2. The van der Waals surface area contributed by atoms with Crippen LogP contribution in [0.3, 0.4) is 0 Å². The second kappa shape index (κ2) is 5.25. The molecule has 0 amide bonds. The summed E-state index contributed by atoms with van der Waals surface area (Å²) in [7, 11) is 1.32. The lowest BCUT2D eigenvalue weighted by atomic mass is 10.3. The van der Waals surface area contributed by atoms with Crippen molar-refractivity contribution in [2.45, 2.75) is 20.4 Å². The minimum Gasteiger partial charge on any atom is -0.466 e. The predicted molar refractivity (Wildman–Crippen MR) is 59.0 cm³/mol. The fourth-order valence-electron chi connectivity index (χ4n) is 1.13. The van der Waals surface area contributed by atoms with Crippen LogP contribution in [0.1, 0.15) is 12.6 Å². The van der Waals surface area contributed by atoms with Crippen LogP contribution in [-0.4, -0.2) is 22.6 Å². The third kappa shape index (κ3) is 3.05. The average molecular weight is 222 g/mol. The van der Waals surface area contributed by atoms with Crippen LogP contribution in [-0.2, 0) is 16.1 Å². The molecule has 1 rings (SSSR count). The number of carbonyl (C=O) groups is 1. The first kappa shape index (κ1) is 12.2. The van der Waals surface area contributed by atoms with E-state index in [1.54, 1.807) is 19.9 Å². The van der Waals surface area contributed by atoms with E-state index in [1.807, 2.05) is 0 Å². The maximum Gasteiger partial charge on any atom is 0.333 e. The lowest BCUT2D eigenvalue weighted by molar-refractivity contribution is -0.136.